The molecule has 9 heteroatoms. The van der Waals surface area contributed by atoms with Crippen molar-refractivity contribution in [1.29, 1.82) is 5.26 Å². The lowest BCUT2D eigenvalue weighted by atomic mass is 10.2. The van der Waals surface area contributed by atoms with E-state index in [1.165, 1.54) is 26.3 Å². The average Bonchev–Trinajstić information content (AvgIpc) is 2.72. The van der Waals surface area contributed by atoms with Crippen LogP contribution in [0.25, 0.3) is 6.08 Å². The van der Waals surface area contributed by atoms with Crippen LogP contribution < -0.4 is 19.5 Å². The third-order valence-corrected chi connectivity index (χ3v) is 5.48. The summed E-state index contributed by atoms with van der Waals surface area (Å²) in [5.41, 5.74) is 1.61. The lowest BCUT2D eigenvalue weighted by Crippen LogP contribution is -2.20. The number of aryl methyl sites for hydroxylation is 1. The highest BCUT2D eigenvalue weighted by Gasteiger charge is 2.15. The fourth-order valence-electron chi connectivity index (χ4n) is 2.45. The molecule has 0 aliphatic rings. The Labute approximate surface area is 169 Å². The van der Waals surface area contributed by atoms with Crippen LogP contribution in [0.2, 0.25) is 0 Å². The molecule has 0 bridgehead atoms. The zero-order valence-corrected chi connectivity index (χ0v) is 17.0. The Hall–Kier alpha value is -3.35. The van der Waals surface area contributed by atoms with Crippen molar-refractivity contribution >= 4 is 27.7 Å². The van der Waals surface area contributed by atoms with E-state index < -0.39 is 15.9 Å². The van der Waals surface area contributed by atoms with Crippen molar-refractivity contribution in [2.24, 2.45) is 0 Å². The number of nitrogens with one attached hydrogen (secondary N) is 2. The van der Waals surface area contributed by atoms with Crippen molar-refractivity contribution in [2.75, 3.05) is 26.1 Å². The van der Waals surface area contributed by atoms with E-state index in [-0.39, 0.29) is 11.5 Å². The van der Waals surface area contributed by atoms with Gasteiger partial charge in [0.2, 0.25) is 15.9 Å². The number of nitriles is 1. The predicted molar refractivity (Wildman–Crippen MR) is 109 cm³/mol. The molecule has 0 atom stereocenters. The largest absolute Gasteiger partial charge is 0.493 e. The highest BCUT2D eigenvalue weighted by Crippen LogP contribution is 2.28. The number of hydrogen-bond donors (Lipinski definition) is 2. The van der Waals surface area contributed by atoms with Crippen LogP contribution in [0.4, 0.5) is 5.69 Å². The summed E-state index contributed by atoms with van der Waals surface area (Å²) in [6, 6.07) is 11.5. The van der Waals surface area contributed by atoms with Gasteiger partial charge in [-0.25, -0.2) is 13.1 Å². The zero-order chi connectivity index (χ0) is 21.4. The molecule has 0 aliphatic carbocycles. The van der Waals surface area contributed by atoms with Crippen molar-refractivity contribution in [2.45, 2.75) is 11.8 Å². The first kappa shape index (κ1) is 21.9. The summed E-state index contributed by atoms with van der Waals surface area (Å²) < 4.78 is 36.8. The Morgan fingerprint density at radius 1 is 1.21 bits per heavy atom. The van der Waals surface area contributed by atoms with E-state index in [2.05, 4.69) is 10.0 Å². The van der Waals surface area contributed by atoms with Crippen LogP contribution in [-0.4, -0.2) is 35.1 Å². The Morgan fingerprint density at radius 3 is 2.62 bits per heavy atom. The molecule has 1 amide bonds. The first-order chi connectivity index (χ1) is 13.8. The van der Waals surface area contributed by atoms with E-state index in [0.717, 1.165) is 0 Å². The molecule has 0 aliphatic heterocycles. The smallest absolute Gasteiger partial charge is 0.248 e. The molecule has 0 radical (unpaired) electrons. The molecule has 2 aromatic rings. The molecule has 0 saturated carbocycles. The molecule has 0 heterocycles. The highest BCUT2D eigenvalue weighted by molar-refractivity contribution is 7.89. The van der Waals surface area contributed by atoms with Gasteiger partial charge < -0.3 is 14.8 Å². The maximum atomic E-state index is 12.2. The first-order valence-electron chi connectivity index (χ1n) is 8.51. The first-order valence-corrected chi connectivity index (χ1v) is 10.00. The van der Waals surface area contributed by atoms with E-state index >= 15 is 0 Å². The summed E-state index contributed by atoms with van der Waals surface area (Å²) in [4.78, 5) is 12.3. The number of hydrogen-bond acceptors (Lipinski definition) is 6. The number of methoxy groups -OCH3 is 1. The topological polar surface area (TPSA) is 118 Å². The second-order valence-corrected chi connectivity index (χ2v) is 7.72. The van der Waals surface area contributed by atoms with Crippen molar-refractivity contribution in [3.63, 3.8) is 0 Å². The minimum absolute atomic E-state index is 0.0967. The molecule has 0 saturated heterocycles. The lowest BCUT2D eigenvalue weighted by Gasteiger charge is -2.10. The lowest BCUT2D eigenvalue weighted by molar-refractivity contribution is -0.111. The van der Waals surface area contributed by atoms with Crippen molar-refractivity contribution < 1.29 is 22.7 Å². The maximum Gasteiger partial charge on any atom is 0.248 e. The van der Waals surface area contributed by atoms with Crippen LogP contribution in [0.1, 0.15) is 11.1 Å². The van der Waals surface area contributed by atoms with Gasteiger partial charge in [-0.1, -0.05) is 12.1 Å². The molecule has 152 valence electrons. The molecular formula is C20H21N3O5S. The molecule has 2 aromatic carbocycles. The second kappa shape index (κ2) is 9.73. The predicted octanol–water partition coefficient (Wildman–Crippen LogP) is 2.47. The quantitative estimate of drug-likeness (QED) is 0.640. The van der Waals surface area contributed by atoms with E-state index in [0.29, 0.717) is 28.3 Å². The zero-order valence-electron chi connectivity index (χ0n) is 16.2. The second-order valence-electron chi connectivity index (χ2n) is 5.87. The van der Waals surface area contributed by atoms with Crippen molar-refractivity contribution in [1.82, 2.24) is 4.72 Å². The number of nitrogens with zero attached hydrogens (tertiary/aromatic N) is 1. The van der Waals surface area contributed by atoms with Crippen LogP contribution in [0.15, 0.2) is 47.4 Å². The summed E-state index contributed by atoms with van der Waals surface area (Å²) in [6.45, 7) is 1.57. The van der Waals surface area contributed by atoms with Gasteiger partial charge in [-0.05, 0) is 55.4 Å². The third kappa shape index (κ3) is 5.81. The molecule has 0 fully saturated rings. The van der Waals surface area contributed by atoms with Gasteiger partial charge in [-0.3, -0.25) is 4.79 Å². The minimum atomic E-state index is -3.63. The van der Waals surface area contributed by atoms with Crippen molar-refractivity contribution in [3.05, 3.63) is 53.6 Å². The fourth-order valence-corrected chi connectivity index (χ4v) is 3.44. The standard InChI is InChI=1S/C20H21N3O5S/c1-14-4-7-16(13-19(14)29(25,26)22-2)23-20(24)9-6-15-5-8-17(28-11-10-21)18(12-15)27-3/h4-9,12-13,22H,11H2,1-3H3,(H,23,24)/b9-6+. The average molecular weight is 415 g/mol. The number of benzene rings is 2. The monoisotopic (exact) mass is 415 g/mol. The Balaban J connectivity index is 2.14. The van der Waals surface area contributed by atoms with Gasteiger partial charge in [-0.15, -0.1) is 0 Å². The summed E-state index contributed by atoms with van der Waals surface area (Å²) in [5.74, 6) is 0.433. The van der Waals surface area contributed by atoms with Crippen LogP contribution in [0.5, 0.6) is 11.5 Å². The molecule has 29 heavy (non-hydrogen) atoms. The number of anilines is 1. The Bertz CT molecular complexity index is 1070. The van der Waals surface area contributed by atoms with E-state index in [4.69, 9.17) is 14.7 Å². The molecule has 0 unspecified atom stereocenters. The molecule has 2 rings (SSSR count). The van der Waals surface area contributed by atoms with Gasteiger partial charge in [0.25, 0.3) is 0 Å². The van der Waals surface area contributed by atoms with E-state index in [9.17, 15) is 13.2 Å². The highest BCUT2D eigenvalue weighted by atomic mass is 32.2. The van der Waals surface area contributed by atoms with Crippen LogP contribution in [-0.2, 0) is 14.8 Å². The number of amides is 1. The van der Waals surface area contributed by atoms with Gasteiger partial charge in [0.05, 0.1) is 12.0 Å². The SMILES string of the molecule is CNS(=O)(=O)c1cc(NC(=O)/C=C/c2ccc(OCC#N)c(OC)c2)ccc1C. The van der Waals surface area contributed by atoms with E-state index in [1.54, 1.807) is 43.3 Å². The molecule has 0 aromatic heterocycles. The van der Waals surface area contributed by atoms with Gasteiger partial charge >= 0.3 is 0 Å². The number of rotatable bonds is 8. The number of carbonyl (C=O) groups excluding carboxylic acids is 1. The molecule has 8 nitrogen and oxygen atoms in total. The van der Waals surface area contributed by atoms with Crippen LogP contribution in [0.3, 0.4) is 0 Å². The number of sulfonamides is 1. The fraction of sp³-hybridized carbons (Fsp3) is 0.200. The molecule has 2 N–H and O–H groups in total. The third-order valence-electron chi connectivity index (χ3n) is 3.92. The van der Waals surface area contributed by atoms with E-state index in [1.807, 2.05) is 6.07 Å². The molecular weight excluding hydrogens is 394 g/mol. The molecule has 0 spiro atoms. The Morgan fingerprint density at radius 2 is 1.97 bits per heavy atom. The van der Waals surface area contributed by atoms with Gasteiger partial charge in [0, 0.05) is 11.8 Å². The number of carbonyl (C=O) groups is 1. The summed E-state index contributed by atoms with van der Waals surface area (Å²) >= 11 is 0. The maximum absolute atomic E-state index is 12.2. The Kier molecular flexibility index (Phi) is 7.36. The number of ether oxygens (including phenoxy) is 2. The minimum Gasteiger partial charge on any atom is -0.493 e. The van der Waals surface area contributed by atoms with Crippen LogP contribution >= 0.6 is 0 Å². The van der Waals surface area contributed by atoms with Crippen molar-refractivity contribution in [3.8, 4) is 17.6 Å². The van der Waals surface area contributed by atoms with Gasteiger partial charge in [0.15, 0.2) is 18.1 Å². The normalized spacial score (nSPS) is 11.1. The summed E-state index contributed by atoms with van der Waals surface area (Å²) in [5, 5.41) is 11.2. The van der Waals surface area contributed by atoms with Gasteiger partial charge in [0.1, 0.15) is 6.07 Å². The van der Waals surface area contributed by atoms with Gasteiger partial charge in [-0.2, -0.15) is 5.26 Å². The van der Waals surface area contributed by atoms with Crippen LogP contribution in [0, 0.1) is 18.3 Å². The summed E-state index contributed by atoms with van der Waals surface area (Å²) in [6.07, 6.45) is 2.89. The summed E-state index contributed by atoms with van der Waals surface area (Å²) in [7, 11) is -0.824.